The molecule has 8 heteroatoms. The third-order valence-electron chi connectivity index (χ3n) is 4.98. The van der Waals surface area contributed by atoms with Crippen LogP contribution < -0.4 is 0 Å². The zero-order chi connectivity index (χ0) is 20.8. The molecule has 1 fully saturated rings. The van der Waals surface area contributed by atoms with E-state index in [1.807, 2.05) is 54.6 Å². The first-order valence-electron chi connectivity index (χ1n) is 9.90. The zero-order valence-electron chi connectivity index (χ0n) is 16.5. The third kappa shape index (κ3) is 4.55. The molecule has 0 aliphatic carbocycles. The smallest absolute Gasteiger partial charge is 0.304 e. The number of amides is 1. The van der Waals surface area contributed by atoms with Gasteiger partial charge in [0, 0.05) is 5.39 Å². The van der Waals surface area contributed by atoms with E-state index in [1.54, 1.807) is 4.57 Å². The third-order valence-corrected chi connectivity index (χ3v) is 4.98. The van der Waals surface area contributed by atoms with Crippen molar-refractivity contribution in [3.8, 4) is 5.88 Å². The normalized spacial score (nSPS) is 14.9. The Morgan fingerprint density at radius 2 is 1.80 bits per heavy atom. The highest BCUT2D eigenvalue weighted by molar-refractivity contribution is 5.95. The van der Waals surface area contributed by atoms with Crippen LogP contribution in [0.1, 0.15) is 18.4 Å². The van der Waals surface area contributed by atoms with Gasteiger partial charge in [0.2, 0.25) is 5.88 Å². The van der Waals surface area contributed by atoms with Gasteiger partial charge < -0.3 is 9.94 Å². The lowest BCUT2D eigenvalue weighted by Crippen LogP contribution is -2.22. The number of aromatic hydroxyl groups is 1. The minimum Gasteiger partial charge on any atom is -0.493 e. The Labute approximate surface area is 174 Å². The molecule has 0 spiro atoms. The monoisotopic (exact) mass is 405 g/mol. The molecule has 0 radical (unpaired) electrons. The van der Waals surface area contributed by atoms with Gasteiger partial charge >= 0.3 is 5.91 Å². The summed E-state index contributed by atoms with van der Waals surface area (Å²) in [5.41, 5.74) is 2.00. The minimum absolute atomic E-state index is 0.00247. The summed E-state index contributed by atoms with van der Waals surface area (Å²) >= 11 is 0. The number of nitrogens with zero attached hydrogens (tertiary/aromatic N) is 5. The van der Waals surface area contributed by atoms with Crippen LogP contribution in [0.3, 0.4) is 0 Å². The molecule has 1 N–H and O–H groups in total. The largest absolute Gasteiger partial charge is 0.493 e. The average Bonchev–Trinajstić information content (AvgIpc) is 3.38. The summed E-state index contributed by atoms with van der Waals surface area (Å²) in [4.78, 5) is 19.3. The molecule has 0 atom stereocenters. The summed E-state index contributed by atoms with van der Waals surface area (Å²) in [5, 5.41) is 23.0. The summed E-state index contributed by atoms with van der Waals surface area (Å²) in [6, 6.07) is 17.0. The molecule has 30 heavy (non-hydrogen) atoms. The van der Waals surface area contributed by atoms with E-state index in [1.165, 1.54) is 6.21 Å². The lowest BCUT2D eigenvalue weighted by molar-refractivity contribution is -0.122. The van der Waals surface area contributed by atoms with Crippen LogP contribution in [0.2, 0.25) is 0 Å². The molecule has 2 heterocycles. The van der Waals surface area contributed by atoms with Crippen molar-refractivity contribution in [1.29, 1.82) is 0 Å². The van der Waals surface area contributed by atoms with Crippen molar-refractivity contribution >= 4 is 28.7 Å². The van der Waals surface area contributed by atoms with Gasteiger partial charge in [-0.05, 0) is 37.6 Å². The molecule has 8 nitrogen and oxygen atoms in total. The van der Waals surface area contributed by atoms with Crippen molar-refractivity contribution < 1.29 is 14.7 Å². The molecule has 4 rings (SSSR count). The molecule has 1 aliphatic rings. The number of hydrogen-bond donors (Lipinski definition) is 1. The number of oxime groups is 1. The quantitative estimate of drug-likeness (QED) is 0.364. The number of aromatic nitrogens is 1. The van der Waals surface area contributed by atoms with Crippen LogP contribution in [0, 0.1) is 0 Å². The Bertz CT molecular complexity index is 1070. The number of likely N-dealkylation sites (tertiary alicyclic amines) is 1. The average molecular weight is 405 g/mol. The first-order chi connectivity index (χ1) is 14.7. The fraction of sp³-hybridized carbons (Fsp3) is 0.273. The van der Waals surface area contributed by atoms with Gasteiger partial charge in [-0.25, -0.2) is 0 Å². The highest BCUT2D eigenvalue weighted by atomic mass is 16.6. The topological polar surface area (TPSA) is 91.8 Å². The summed E-state index contributed by atoms with van der Waals surface area (Å²) < 4.78 is 1.81. The van der Waals surface area contributed by atoms with Crippen LogP contribution in [0.4, 0.5) is 5.69 Å². The van der Waals surface area contributed by atoms with Gasteiger partial charge in [-0.1, -0.05) is 53.7 Å². The Hall–Kier alpha value is -3.52. The Balaban J connectivity index is 1.44. The lowest BCUT2D eigenvalue weighted by atomic mass is 10.2. The highest BCUT2D eigenvalue weighted by Gasteiger charge is 2.20. The maximum absolute atomic E-state index is 12.0. The van der Waals surface area contributed by atoms with E-state index >= 15 is 0 Å². The maximum Gasteiger partial charge on any atom is 0.304 e. The number of rotatable bonds is 7. The molecule has 1 aliphatic heterocycles. The highest BCUT2D eigenvalue weighted by Crippen LogP contribution is 2.39. The summed E-state index contributed by atoms with van der Waals surface area (Å²) in [6.45, 7) is 2.25. The molecule has 154 valence electrons. The molecule has 1 amide bonds. The standard InChI is InChI=1S/C22H23N5O3/c28-20(15-30-23-14-17-8-2-1-3-9-17)24-25-21-18-10-4-5-11-19(18)27(22(21)29)16-26-12-6-7-13-26/h1-5,8-11,14,29H,6-7,12-13,15-16H2/b23-14-,25-24?. The summed E-state index contributed by atoms with van der Waals surface area (Å²) in [6.07, 6.45) is 3.84. The number of azo groups is 1. The predicted octanol–water partition coefficient (Wildman–Crippen LogP) is 4.06. The molecule has 0 bridgehead atoms. The number of fused-ring (bicyclic) bond motifs is 1. The second-order valence-corrected chi connectivity index (χ2v) is 7.10. The van der Waals surface area contributed by atoms with Crippen molar-refractivity contribution in [2.24, 2.45) is 15.4 Å². The molecule has 0 unspecified atom stereocenters. The first kappa shape index (κ1) is 19.8. The van der Waals surface area contributed by atoms with Gasteiger partial charge in [0.1, 0.15) is 0 Å². The van der Waals surface area contributed by atoms with Gasteiger partial charge in [0.25, 0.3) is 0 Å². The zero-order valence-corrected chi connectivity index (χ0v) is 16.5. The Morgan fingerprint density at radius 3 is 2.60 bits per heavy atom. The molecule has 3 aromatic rings. The van der Waals surface area contributed by atoms with E-state index in [4.69, 9.17) is 4.84 Å². The van der Waals surface area contributed by atoms with Crippen molar-refractivity contribution in [2.45, 2.75) is 19.5 Å². The van der Waals surface area contributed by atoms with E-state index in [9.17, 15) is 9.90 Å². The van der Waals surface area contributed by atoms with Gasteiger partial charge in [0.05, 0.1) is 18.4 Å². The van der Waals surface area contributed by atoms with Crippen molar-refractivity contribution in [2.75, 3.05) is 19.7 Å². The van der Waals surface area contributed by atoms with Gasteiger partial charge in [0.15, 0.2) is 12.3 Å². The van der Waals surface area contributed by atoms with Crippen LogP contribution in [-0.4, -0.2) is 46.4 Å². The molecular formula is C22H23N5O3. The number of para-hydroxylation sites is 1. The summed E-state index contributed by atoms with van der Waals surface area (Å²) in [7, 11) is 0. The molecule has 0 saturated carbocycles. The first-order valence-corrected chi connectivity index (χ1v) is 9.90. The second kappa shape index (κ2) is 9.32. The Kier molecular flexibility index (Phi) is 6.14. The lowest BCUT2D eigenvalue weighted by Gasteiger charge is -2.17. The van der Waals surface area contributed by atoms with Crippen LogP contribution in [0.5, 0.6) is 5.88 Å². The van der Waals surface area contributed by atoms with Crippen LogP contribution in [0.25, 0.3) is 10.9 Å². The molecule has 1 aromatic heterocycles. The number of carbonyl (C=O) groups is 1. The van der Waals surface area contributed by atoms with Crippen LogP contribution >= 0.6 is 0 Å². The van der Waals surface area contributed by atoms with Crippen LogP contribution in [0.15, 0.2) is 70.0 Å². The van der Waals surface area contributed by atoms with E-state index in [2.05, 4.69) is 20.3 Å². The van der Waals surface area contributed by atoms with E-state index in [-0.39, 0.29) is 18.2 Å². The predicted molar refractivity (Wildman–Crippen MR) is 114 cm³/mol. The number of hydrogen-bond acceptors (Lipinski definition) is 6. The van der Waals surface area contributed by atoms with Gasteiger partial charge in [-0.15, -0.1) is 10.2 Å². The van der Waals surface area contributed by atoms with E-state index in [0.717, 1.165) is 42.4 Å². The number of benzene rings is 2. The maximum atomic E-state index is 12.0. The van der Waals surface area contributed by atoms with E-state index in [0.29, 0.717) is 6.67 Å². The van der Waals surface area contributed by atoms with Gasteiger partial charge in [-0.2, -0.15) is 0 Å². The fourth-order valence-electron chi connectivity index (χ4n) is 3.50. The SMILES string of the molecule is O=C(CO/N=C\c1ccccc1)N=Nc1c(O)n(CN2CCCC2)c2ccccc12. The van der Waals surface area contributed by atoms with Crippen molar-refractivity contribution in [3.05, 3.63) is 60.2 Å². The number of carbonyl (C=O) groups excluding carboxylic acids is 1. The fourth-order valence-corrected chi connectivity index (χ4v) is 3.50. The van der Waals surface area contributed by atoms with E-state index < -0.39 is 5.91 Å². The second-order valence-electron chi connectivity index (χ2n) is 7.10. The van der Waals surface area contributed by atoms with Crippen LogP contribution in [-0.2, 0) is 16.3 Å². The molecular weight excluding hydrogens is 382 g/mol. The molecule has 2 aromatic carbocycles. The van der Waals surface area contributed by atoms with Gasteiger partial charge in [-0.3, -0.25) is 14.3 Å². The minimum atomic E-state index is -0.587. The summed E-state index contributed by atoms with van der Waals surface area (Å²) in [5.74, 6) is -0.585. The molecule has 1 saturated heterocycles. The Morgan fingerprint density at radius 1 is 1.07 bits per heavy atom. The van der Waals surface area contributed by atoms with Crippen molar-refractivity contribution in [3.63, 3.8) is 0 Å². The van der Waals surface area contributed by atoms with Crippen molar-refractivity contribution in [1.82, 2.24) is 9.47 Å².